The summed E-state index contributed by atoms with van der Waals surface area (Å²) < 4.78 is 5.73. The van der Waals surface area contributed by atoms with Crippen molar-refractivity contribution in [2.45, 2.75) is 44.8 Å². The summed E-state index contributed by atoms with van der Waals surface area (Å²) in [5.74, 6) is -0.369. The Bertz CT molecular complexity index is 569. The highest BCUT2D eigenvalue weighted by Gasteiger charge is 2.40. The molecule has 2 heterocycles. The largest absolute Gasteiger partial charge is 0.374 e. The van der Waals surface area contributed by atoms with Crippen LogP contribution in [0.1, 0.15) is 41.9 Å². The zero-order chi connectivity index (χ0) is 15.0. The molecule has 1 amide bonds. The van der Waals surface area contributed by atoms with Gasteiger partial charge in [0.05, 0.1) is 23.7 Å². The molecule has 1 aromatic heterocycles. The van der Waals surface area contributed by atoms with Crippen molar-refractivity contribution in [2.24, 2.45) is 0 Å². The van der Waals surface area contributed by atoms with Crippen LogP contribution >= 0.6 is 0 Å². The van der Waals surface area contributed by atoms with Crippen LogP contribution in [-0.2, 0) is 4.74 Å². The molecule has 21 heavy (non-hydrogen) atoms. The van der Waals surface area contributed by atoms with Crippen molar-refractivity contribution in [2.75, 3.05) is 13.2 Å². The van der Waals surface area contributed by atoms with Crippen molar-refractivity contribution in [3.8, 4) is 0 Å². The summed E-state index contributed by atoms with van der Waals surface area (Å²) in [6.45, 7) is 2.48. The number of nitrogens with one attached hydrogen (secondary N) is 1. The molecule has 2 fully saturated rings. The van der Waals surface area contributed by atoms with Gasteiger partial charge in [-0.15, -0.1) is 0 Å². The third-order valence-electron chi connectivity index (χ3n) is 4.29. The zero-order valence-electron chi connectivity index (χ0n) is 11.9. The predicted molar refractivity (Wildman–Crippen MR) is 73.0 cm³/mol. The van der Waals surface area contributed by atoms with Gasteiger partial charge in [-0.3, -0.25) is 20.0 Å². The molecule has 3 rings (SSSR count). The van der Waals surface area contributed by atoms with E-state index < -0.39 is 4.92 Å². The number of nitro groups is 1. The number of fused-ring (bicyclic) bond motifs is 1. The predicted octanol–water partition coefficient (Wildman–Crippen LogP) is 1.41. The van der Waals surface area contributed by atoms with E-state index in [2.05, 4.69) is 10.2 Å². The number of morpholine rings is 1. The molecule has 1 aliphatic carbocycles. The Kier molecular flexibility index (Phi) is 3.62. The molecule has 2 aliphatic rings. The number of aryl methyl sites for hydroxylation is 1. The first-order valence-electron chi connectivity index (χ1n) is 7.21. The fraction of sp³-hybridized carbons (Fsp3) is 0.692. The average Bonchev–Trinajstić information content (AvgIpc) is 2.88. The smallest absolute Gasteiger partial charge is 0.322 e. The number of carbonyl (C=O) groups excluding carboxylic acids is 1. The van der Waals surface area contributed by atoms with Crippen molar-refractivity contribution in [1.82, 2.24) is 15.1 Å². The van der Waals surface area contributed by atoms with Gasteiger partial charge in [-0.05, 0) is 19.8 Å². The average molecular weight is 294 g/mol. The molecule has 1 aromatic rings. The van der Waals surface area contributed by atoms with Crippen LogP contribution < -0.4 is 0 Å². The van der Waals surface area contributed by atoms with E-state index in [9.17, 15) is 14.9 Å². The Morgan fingerprint density at radius 2 is 2.24 bits per heavy atom. The highest BCUT2D eigenvalue weighted by molar-refractivity contribution is 5.96. The van der Waals surface area contributed by atoms with Gasteiger partial charge in [-0.1, -0.05) is 12.8 Å². The van der Waals surface area contributed by atoms with Gasteiger partial charge in [0.15, 0.2) is 0 Å². The molecule has 1 saturated carbocycles. The lowest BCUT2D eigenvalue weighted by molar-refractivity contribution is -0.385. The number of H-pyrrole nitrogens is 1. The van der Waals surface area contributed by atoms with Crippen LogP contribution in [0, 0.1) is 17.0 Å². The van der Waals surface area contributed by atoms with Crippen LogP contribution in [0.5, 0.6) is 0 Å². The second-order valence-electron chi connectivity index (χ2n) is 5.56. The van der Waals surface area contributed by atoms with Crippen LogP contribution in [0.3, 0.4) is 0 Å². The SMILES string of the molecule is Cc1[nH]nc(C(=O)N2CCO[C@H]3CCCC[C@@H]32)c1[N+](=O)[O-]. The molecule has 8 heteroatoms. The summed E-state index contributed by atoms with van der Waals surface area (Å²) in [5.41, 5.74) is -0.0145. The van der Waals surface area contributed by atoms with Gasteiger partial charge in [0, 0.05) is 6.54 Å². The molecule has 2 atom stereocenters. The molecular formula is C13H18N4O4. The van der Waals surface area contributed by atoms with Gasteiger partial charge in [0.1, 0.15) is 5.69 Å². The van der Waals surface area contributed by atoms with Crippen LogP contribution in [0.4, 0.5) is 5.69 Å². The maximum atomic E-state index is 12.7. The first-order chi connectivity index (χ1) is 10.1. The maximum Gasteiger partial charge on any atom is 0.322 e. The number of hydrogen-bond donors (Lipinski definition) is 1. The van der Waals surface area contributed by atoms with Crippen molar-refractivity contribution >= 4 is 11.6 Å². The third-order valence-corrected chi connectivity index (χ3v) is 4.29. The summed E-state index contributed by atoms with van der Waals surface area (Å²) in [5, 5.41) is 17.5. The first-order valence-corrected chi connectivity index (χ1v) is 7.21. The Hall–Kier alpha value is -1.96. The molecule has 1 aliphatic heterocycles. The molecule has 0 bridgehead atoms. The zero-order valence-corrected chi connectivity index (χ0v) is 11.9. The van der Waals surface area contributed by atoms with Gasteiger partial charge in [0.25, 0.3) is 5.91 Å². The molecule has 0 aromatic carbocycles. The highest BCUT2D eigenvalue weighted by atomic mass is 16.6. The van der Waals surface area contributed by atoms with Gasteiger partial charge < -0.3 is 9.64 Å². The lowest BCUT2D eigenvalue weighted by Crippen LogP contribution is -2.55. The van der Waals surface area contributed by atoms with Crippen molar-refractivity contribution in [1.29, 1.82) is 0 Å². The fourth-order valence-electron chi connectivity index (χ4n) is 3.28. The normalized spacial score (nSPS) is 25.5. The number of rotatable bonds is 2. The topological polar surface area (TPSA) is 101 Å². The third kappa shape index (κ3) is 2.39. The summed E-state index contributed by atoms with van der Waals surface area (Å²) in [7, 11) is 0. The van der Waals surface area contributed by atoms with E-state index in [-0.39, 0.29) is 29.4 Å². The minimum atomic E-state index is -0.551. The van der Waals surface area contributed by atoms with E-state index in [0.29, 0.717) is 18.8 Å². The number of aromatic nitrogens is 2. The molecular weight excluding hydrogens is 276 g/mol. The van der Waals surface area contributed by atoms with Gasteiger partial charge in [0.2, 0.25) is 5.69 Å². The molecule has 8 nitrogen and oxygen atoms in total. The summed E-state index contributed by atoms with van der Waals surface area (Å²) in [4.78, 5) is 25.0. The lowest BCUT2D eigenvalue weighted by atomic mass is 9.90. The van der Waals surface area contributed by atoms with E-state index >= 15 is 0 Å². The van der Waals surface area contributed by atoms with E-state index in [1.807, 2.05) is 0 Å². The number of ether oxygens (including phenoxy) is 1. The maximum absolute atomic E-state index is 12.7. The molecule has 0 spiro atoms. The molecule has 0 radical (unpaired) electrons. The van der Waals surface area contributed by atoms with Gasteiger partial charge in [-0.25, -0.2) is 0 Å². The second-order valence-corrected chi connectivity index (χ2v) is 5.56. The van der Waals surface area contributed by atoms with Crippen LogP contribution in [-0.4, -0.2) is 51.2 Å². The van der Waals surface area contributed by atoms with Crippen molar-refractivity contribution < 1.29 is 14.5 Å². The summed E-state index contributed by atoms with van der Waals surface area (Å²) in [6, 6.07) is 0.0108. The Morgan fingerprint density at radius 3 is 3.00 bits per heavy atom. The van der Waals surface area contributed by atoms with E-state index in [1.54, 1.807) is 11.8 Å². The highest BCUT2D eigenvalue weighted by Crippen LogP contribution is 2.31. The molecule has 1 saturated heterocycles. The van der Waals surface area contributed by atoms with E-state index in [0.717, 1.165) is 25.7 Å². The van der Waals surface area contributed by atoms with Gasteiger partial charge in [-0.2, -0.15) is 5.10 Å². The Labute approximate surface area is 121 Å². The van der Waals surface area contributed by atoms with Crippen LogP contribution in [0.25, 0.3) is 0 Å². The Morgan fingerprint density at radius 1 is 1.48 bits per heavy atom. The van der Waals surface area contributed by atoms with Crippen LogP contribution in [0.15, 0.2) is 0 Å². The van der Waals surface area contributed by atoms with Crippen molar-refractivity contribution in [3.05, 3.63) is 21.5 Å². The lowest BCUT2D eigenvalue weighted by Gasteiger charge is -2.43. The summed E-state index contributed by atoms with van der Waals surface area (Å²) >= 11 is 0. The summed E-state index contributed by atoms with van der Waals surface area (Å²) in [6.07, 6.45) is 4.03. The quantitative estimate of drug-likeness (QED) is 0.656. The van der Waals surface area contributed by atoms with E-state index in [4.69, 9.17) is 4.74 Å². The van der Waals surface area contributed by atoms with Crippen molar-refractivity contribution in [3.63, 3.8) is 0 Å². The Balaban J connectivity index is 1.89. The monoisotopic (exact) mass is 294 g/mol. The minimum Gasteiger partial charge on any atom is -0.374 e. The minimum absolute atomic E-state index is 0.0108. The number of nitrogens with zero attached hydrogens (tertiary/aromatic N) is 3. The molecule has 114 valence electrons. The first kappa shape index (κ1) is 14.0. The number of aromatic amines is 1. The molecule has 1 N–H and O–H groups in total. The number of hydrogen-bond acceptors (Lipinski definition) is 5. The fourth-order valence-corrected chi connectivity index (χ4v) is 3.28. The number of carbonyl (C=O) groups is 1. The number of amides is 1. The van der Waals surface area contributed by atoms with Crippen LogP contribution in [0.2, 0.25) is 0 Å². The van der Waals surface area contributed by atoms with E-state index in [1.165, 1.54) is 0 Å². The second kappa shape index (κ2) is 5.44. The molecule has 0 unspecified atom stereocenters. The standard InChI is InChI=1S/C13H18N4O4/c1-8-12(17(19)20)11(15-14-8)13(18)16-6-7-21-10-5-3-2-4-9(10)16/h9-10H,2-7H2,1H3,(H,14,15)/t9-,10-/m0/s1. The van der Waals surface area contributed by atoms with Gasteiger partial charge >= 0.3 is 5.69 Å².